The molecule has 0 aromatic heterocycles. The van der Waals surface area contributed by atoms with Gasteiger partial charge in [-0.1, -0.05) is 18.2 Å². The molecule has 0 bridgehead atoms. The van der Waals surface area contributed by atoms with Crippen LogP contribution in [0.15, 0.2) is 30.3 Å². The van der Waals surface area contributed by atoms with Gasteiger partial charge in [-0.3, -0.25) is 4.79 Å². The topological polar surface area (TPSA) is 40.4 Å². The zero-order valence-electron chi connectivity index (χ0n) is 8.27. The molecule has 3 nitrogen and oxygen atoms in total. The maximum Gasteiger partial charge on any atom is 0.272 e. The van der Waals surface area contributed by atoms with Crippen molar-refractivity contribution in [1.82, 2.24) is 5.32 Å². The molecule has 75 valence electrons. The highest BCUT2D eigenvalue weighted by Gasteiger charge is 2.04. The van der Waals surface area contributed by atoms with Gasteiger partial charge in [0.05, 0.1) is 0 Å². The Balaban J connectivity index is 2.29. The summed E-state index contributed by atoms with van der Waals surface area (Å²) < 4.78 is 4.86. The summed E-state index contributed by atoms with van der Waals surface area (Å²) in [6, 6.07) is 9.07. The van der Waals surface area contributed by atoms with E-state index in [0.717, 1.165) is 6.42 Å². The molecular weight excluding hydrogens is 178 g/mol. The van der Waals surface area contributed by atoms with Crippen molar-refractivity contribution in [3.05, 3.63) is 35.9 Å². The van der Waals surface area contributed by atoms with E-state index in [4.69, 9.17) is 4.74 Å². The van der Waals surface area contributed by atoms with Crippen LogP contribution < -0.4 is 5.32 Å². The summed E-state index contributed by atoms with van der Waals surface area (Å²) in [6.45, 7) is 1.17. The van der Waals surface area contributed by atoms with Gasteiger partial charge in [0.1, 0.15) is 0 Å². The Morgan fingerprint density at radius 2 is 2.07 bits per heavy atom. The molecule has 3 heteroatoms. The molecule has 0 N–H and O–H groups in total. The zero-order valence-corrected chi connectivity index (χ0v) is 8.27. The van der Waals surface area contributed by atoms with Gasteiger partial charge in [-0.05, 0) is 18.6 Å². The lowest BCUT2D eigenvalue weighted by atomic mass is 10.2. The first-order valence-electron chi connectivity index (χ1n) is 4.60. The standard InChI is InChI=1S/C11H14NO2/c1-14-9-5-8-12-11(13)10-6-3-2-4-7-10/h2-4,6-7H,5,8-9H2,1H3. The minimum atomic E-state index is -0.151. The summed E-state index contributed by atoms with van der Waals surface area (Å²) in [6.07, 6.45) is 0.787. The van der Waals surface area contributed by atoms with Gasteiger partial charge in [-0.2, -0.15) is 0 Å². The highest BCUT2D eigenvalue weighted by molar-refractivity contribution is 5.93. The number of benzene rings is 1. The van der Waals surface area contributed by atoms with Gasteiger partial charge in [-0.15, -0.1) is 0 Å². The Morgan fingerprint density at radius 3 is 2.71 bits per heavy atom. The first-order chi connectivity index (χ1) is 6.84. The van der Waals surface area contributed by atoms with Gasteiger partial charge >= 0.3 is 0 Å². The quantitative estimate of drug-likeness (QED) is 0.663. The van der Waals surface area contributed by atoms with E-state index in [9.17, 15) is 4.79 Å². The molecule has 1 rings (SSSR count). The van der Waals surface area contributed by atoms with Crippen LogP contribution in [0.4, 0.5) is 0 Å². The average molecular weight is 192 g/mol. The summed E-state index contributed by atoms with van der Waals surface area (Å²) in [5.74, 6) is -0.151. The summed E-state index contributed by atoms with van der Waals surface area (Å²) in [4.78, 5) is 11.4. The van der Waals surface area contributed by atoms with Crippen molar-refractivity contribution in [2.75, 3.05) is 20.3 Å². The molecule has 0 fully saturated rings. The largest absolute Gasteiger partial charge is 0.385 e. The number of rotatable bonds is 5. The molecule has 1 amide bonds. The monoisotopic (exact) mass is 192 g/mol. The smallest absolute Gasteiger partial charge is 0.272 e. The molecule has 0 spiro atoms. The SMILES string of the molecule is COCCC[N]C(=O)c1ccccc1. The molecule has 0 aliphatic carbocycles. The number of methoxy groups -OCH3 is 1. The normalized spacial score (nSPS) is 9.79. The van der Waals surface area contributed by atoms with E-state index in [1.807, 2.05) is 18.2 Å². The number of carbonyl (C=O) groups is 1. The fourth-order valence-electron chi connectivity index (χ4n) is 1.06. The number of hydrogen-bond donors (Lipinski definition) is 0. The third kappa shape index (κ3) is 3.58. The number of ether oxygens (including phenoxy) is 1. The average Bonchev–Trinajstić information content (AvgIpc) is 2.25. The Bertz CT molecular complexity index is 272. The molecule has 0 saturated heterocycles. The fraction of sp³-hybridized carbons (Fsp3) is 0.364. The van der Waals surface area contributed by atoms with E-state index in [1.165, 1.54) is 0 Å². The van der Waals surface area contributed by atoms with Crippen molar-refractivity contribution in [3.8, 4) is 0 Å². The molecular formula is C11H14NO2. The van der Waals surface area contributed by atoms with Crippen molar-refractivity contribution in [2.45, 2.75) is 6.42 Å². The lowest BCUT2D eigenvalue weighted by Crippen LogP contribution is -2.17. The third-order valence-corrected chi connectivity index (χ3v) is 1.78. The minimum absolute atomic E-state index is 0.151. The molecule has 14 heavy (non-hydrogen) atoms. The van der Waals surface area contributed by atoms with E-state index < -0.39 is 0 Å². The van der Waals surface area contributed by atoms with Crippen molar-refractivity contribution in [3.63, 3.8) is 0 Å². The molecule has 0 unspecified atom stereocenters. The predicted molar refractivity (Wildman–Crippen MR) is 54.3 cm³/mol. The van der Waals surface area contributed by atoms with Crippen LogP contribution in [0.25, 0.3) is 0 Å². The number of carbonyl (C=O) groups excluding carboxylic acids is 1. The van der Waals surface area contributed by atoms with Crippen LogP contribution in [0, 0.1) is 0 Å². The van der Waals surface area contributed by atoms with Gasteiger partial charge in [0.25, 0.3) is 5.91 Å². The minimum Gasteiger partial charge on any atom is -0.385 e. The second-order valence-electron chi connectivity index (χ2n) is 2.90. The molecule has 1 aromatic rings. The first-order valence-corrected chi connectivity index (χ1v) is 4.60. The lowest BCUT2D eigenvalue weighted by Gasteiger charge is -2.01. The highest BCUT2D eigenvalue weighted by atomic mass is 16.5. The van der Waals surface area contributed by atoms with E-state index in [1.54, 1.807) is 19.2 Å². The van der Waals surface area contributed by atoms with Crippen LogP contribution in [0.2, 0.25) is 0 Å². The molecule has 1 radical (unpaired) electrons. The van der Waals surface area contributed by atoms with Crippen molar-refractivity contribution in [1.29, 1.82) is 0 Å². The van der Waals surface area contributed by atoms with E-state index in [0.29, 0.717) is 18.7 Å². The number of amides is 1. The summed E-state index contributed by atoms with van der Waals surface area (Å²) in [5.41, 5.74) is 0.643. The molecule has 0 aliphatic heterocycles. The lowest BCUT2D eigenvalue weighted by molar-refractivity contribution is 0.0943. The molecule has 1 aromatic carbocycles. The van der Waals surface area contributed by atoms with E-state index in [2.05, 4.69) is 5.32 Å². The fourth-order valence-corrected chi connectivity index (χ4v) is 1.06. The Kier molecular flexibility index (Phi) is 4.72. The number of hydrogen-bond acceptors (Lipinski definition) is 2. The van der Waals surface area contributed by atoms with Gasteiger partial charge in [0, 0.05) is 25.8 Å². The van der Waals surface area contributed by atoms with Crippen molar-refractivity contribution < 1.29 is 9.53 Å². The van der Waals surface area contributed by atoms with Gasteiger partial charge in [0.2, 0.25) is 0 Å². The van der Waals surface area contributed by atoms with Crippen LogP contribution in [0.5, 0.6) is 0 Å². The van der Waals surface area contributed by atoms with Gasteiger partial charge in [0.15, 0.2) is 0 Å². The van der Waals surface area contributed by atoms with E-state index >= 15 is 0 Å². The summed E-state index contributed by atoms with van der Waals surface area (Å²) in [7, 11) is 1.64. The highest BCUT2D eigenvalue weighted by Crippen LogP contribution is 1.98. The third-order valence-electron chi connectivity index (χ3n) is 1.78. The maximum absolute atomic E-state index is 11.4. The van der Waals surface area contributed by atoms with Crippen LogP contribution >= 0.6 is 0 Å². The summed E-state index contributed by atoms with van der Waals surface area (Å²) >= 11 is 0. The molecule has 0 aliphatic rings. The summed E-state index contributed by atoms with van der Waals surface area (Å²) in [5, 5.41) is 3.91. The van der Waals surface area contributed by atoms with Gasteiger partial charge < -0.3 is 4.74 Å². The molecule has 0 atom stereocenters. The Morgan fingerprint density at radius 1 is 1.36 bits per heavy atom. The second kappa shape index (κ2) is 6.16. The van der Waals surface area contributed by atoms with E-state index in [-0.39, 0.29) is 5.91 Å². The second-order valence-corrected chi connectivity index (χ2v) is 2.90. The predicted octanol–water partition coefficient (Wildman–Crippen LogP) is 1.47. The van der Waals surface area contributed by atoms with Crippen LogP contribution in [0.3, 0.4) is 0 Å². The maximum atomic E-state index is 11.4. The first kappa shape index (κ1) is 10.7. The Hall–Kier alpha value is -1.35. The Labute approximate surface area is 84.1 Å². The van der Waals surface area contributed by atoms with Gasteiger partial charge in [-0.25, -0.2) is 5.32 Å². The number of nitrogens with zero attached hydrogens (tertiary/aromatic N) is 1. The molecule has 0 saturated carbocycles. The van der Waals surface area contributed by atoms with Crippen LogP contribution in [0.1, 0.15) is 16.8 Å². The molecule has 0 heterocycles. The van der Waals surface area contributed by atoms with Crippen LogP contribution in [-0.4, -0.2) is 26.2 Å². The van der Waals surface area contributed by atoms with Crippen molar-refractivity contribution in [2.24, 2.45) is 0 Å². The zero-order chi connectivity index (χ0) is 10.2. The van der Waals surface area contributed by atoms with Crippen LogP contribution in [-0.2, 0) is 4.74 Å². The van der Waals surface area contributed by atoms with Crippen molar-refractivity contribution >= 4 is 5.91 Å².